The van der Waals surface area contributed by atoms with E-state index < -0.39 is 0 Å². The molecule has 0 unspecified atom stereocenters. The van der Waals surface area contributed by atoms with Gasteiger partial charge in [0.2, 0.25) is 0 Å². The minimum atomic E-state index is 0.909. The molecule has 3 nitrogen and oxygen atoms in total. The Morgan fingerprint density at radius 1 is 1.00 bits per heavy atom. The fraction of sp³-hybridized carbons (Fsp3) is 0.312. The lowest BCUT2D eigenvalue weighted by Gasteiger charge is -2.05. The number of methoxy groups -OCH3 is 1. The average Bonchev–Trinajstić information content (AvgIpc) is 2.49. The Morgan fingerprint density at radius 2 is 1.79 bits per heavy atom. The highest BCUT2D eigenvalue weighted by Gasteiger charge is 1.96. The average molecular weight is 256 g/mol. The van der Waals surface area contributed by atoms with Gasteiger partial charge in [0.05, 0.1) is 7.11 Å². The van der Waals surface area contributed by atoms with E-state index in [4.69, 9.17) is 4.74 Å². The molecule has 2 aromatic rings. The Balaban J connectivity index is 1.63. The molecule has 1 aromatic heterocycles. The monoisotopic (exact) mass is 256 g/mol. The topological polar surface area (TPSA) is 34.1 Å². The number of pyridine rings is 1. The van der Waals surface area contributed by atoms with Crippen molar-refractivity contribution in [3.05, 3.63) is 59.9 Å². The molecule has 1 N–H and O–H groups in total. The van der Waals surface area contributed by atoms with Gasteiger partial charge >= 0.3 is 0 Å². The number of hydrogen-bond acceptors (Lipinski definition) is 3. The van der Waals surface area contributed by atoms with Gasteiger partial charge in [0, 0.05) is 24.9 Å². The molecule has 0 saturated carbocycles. The van der Waals surface area contributed by atoms with Gasteiger partial charge in [-0.3, -0.25) is 4.98 Å². The summed E-state index contributed by atoms with van der Waals surface area (Å²) in [4.78, 5) is 4.30. The minimum absolute atomic E-state index is 0.909. The van der Waals surface area contributed by atoms with Crippen LogP contribution in [0.5, 0.6) is 5.75 Å². The zero-order valence-corrected chi connectivity index (χ0v) is 11.3. The van der Waals surface area contributed by atoms with E-state index >= 15 is 0 Å². The van der Waals surface area contributed by atoms with Crippen LogP contribution in [0.3, 0.4) is 0 Å². The molecule has 2 rings (SSSR count). The highest BCUT2D eigenvalue weighted by Crippen LogP contribution is 2.11. The molecule has 0 bridgehead atoms. The summed E-state index contributed by atoms with van der Waals surface area (Å²) in [7, 11) is 1.69. The van der Waals surface area contributed by atoms with E-state index in [0.717, 1.165) is 37.4 Å². The third kappa shape index (κ3) is 4.72. The van der Waals surface area contributed by atoms with Crippen molar-refractivity contribution in [2.24, 2.45) is 0 Å². The van der Waals surface area contributed by atoms with Crippen LogP contribution in [-0.2, 0) is 12.8 Å². The van der Waals surface area contributed by atoms with Gasteiger partial charge in [0.1, 0.15) is 5.75 Å². The highest BCUT2D eigenvalue weighted by atomic mass is 16.5. The molecule has 0 aliphatic carbocycles. The van der Waals surface area contributed by atoms with Crippen molar-refractivity contribution in [3.63, 3.8) is 0 Å². The molecule has 0 saturated heterocycles. The van der Waals surface area contributed by atoms with Crippen molar-refractivity contribution in [3.8, 4) is 5.75 Å². The first-order valence-electron chi connectivity index (χ1n) is 6.62. The van der Waals surface area contributed by atoms with Crippen LogP contribution in [-0.4, -0.2) is 25.2 Å². The van der Waals surface area contributed by atoms with E-state index in [1.807, 2.05) is 30.5 Å². The molecule has 0 fully saturated rings. The number of benzene rings is 1. The molecule has 100 valence electrons. The third-order valence-corrected chi connectivity index (χ3v) is 3.03. The first kappa shape index (κ1) is 13.6. The van der Waals surface area contributed by atoms with E-state index in [0.29, 0.717) is 0 Å². The number of rotatable bonds is 7. The van der Waals surface area contributed by atoms with E-state index in [1.165, 1.54) is 5.56 Å². The van der Waals surface area contributed by atoms with Crippen molar-refractivity contribution >= 4 is 0 Å². The molecular formula is C16H20N2O. The lowest BCUT2D eigenvalue weighted by molar-refractivity contribution is 0.414. The lowest BCUT2D eigenvalue weighted by atomic mass is 10.1. The summed E-state index contributed by atoms with van der Waals surface area (Å²) in [5, 5.41) is 3.44. The predicted molar refractivity (Wildman–Crippen MR) is 77.5 cm³/mol. The van der Waals surface area contributed by atoms with Crippen molar-refractivity contribution in [1.82, 2.24) is 10.3 Å². The van der Waals surface area contributed by atoms with Gasteiger partial charge in [0.25, 0.3) is 0 Å². The maximum atomic E-state index is 5.14. The fourth-order valence-corrected chi connectivity index (χ4v) is 1.91. The zero-order valence-electron chi connectivity index (χ0n) is 11.3. The van der Waals surface area contributed by atoms with Gasteiger partial charge in [-0.05, 0) is 42.8 Å². The van der Waals surface area contributed by atoms with Crippen LogP contribution in [0.15, 0.2) is 48.7 Å². The van der Waals surface area contributed by atoms with Crippen LogP contribution in [0.1, 0.15) is 11.3 Å². The van der Waals surface area contributed by atoms with E-state index in [1.54, 1.807) is 7.11 Å². The molecule has 0 aliphatic rings. The van der Waals surface area contributed by atoms with Gasteiger partial charge in [-0.15, -0.1) is 0 Å². The second-order valence-electron chi connectivity index (χ2n) is 4.42. The fourth-order valence-electron chi connectivity index (χ4n) is 1.91. The summed E-state index contributed by atoms with van der Waals surface area (Å²) in [5.41, 5.74) is 2.46. The van der Waals surface area contributed by atoms with Crippen LogP contribution >= 0.6 is 0 Å². The lowest BCUT2D eigenvalue weighted by Crippen LogP contribution is -2.20. The van der Waals surface area contributed by atoms with Gasteiger partial charge in [-0.25, -0.2) is 0 Å². The standard InChI is InChI=1S/C16H20N2O/c1-19-16-7-5-14(6-8-16)9-12-17-13-10-15-4-2-3-11-18-15/h2-8,11,17H,9-10,12-13H2,1H3. The van der Waals surface area contributed by atoms with Crippen LogP contribution in [0.2, 0.25) is 0 Å². The summed E-state index contributed by atoms with van der Waals surface area (Å²) < 4.78 is 5.14. The summed E-state index contributed by atoms with van der Waals surface area (Å²) in [6.07, 6.45) is 3.85. The zero-order chi connectivity index (χ0) is 13.3. The van der Waals surface area contributed by atoms with Crippen LogP contribution < -0.4 is 10.1 Å². The van der Waals surface area contributed by atoms with Gasteiger partial charge in [0.15, 0.2) is 0 Å². The molecule has 19 heavy (non-hydrogen) atoms. The molecule has 1 aromatic carbocycles. The Labute approximate surface area is 114 Å². The Kier molecular flexibility index (Phi) is 5.38. The van der Waals surface area contributed by atoms with Gasteiger partial charge in [-0.1, -0.05) is 18.2 Å². The quantitative estimate of drug-likeness (QED) is 0.773. The molecule has 0 aliphatic heterocycles. The molecule has 0 spiro atoms. The van der Waals surface area contributed by atoms with Crippen LogP contribution in [0.4, 0.5) is 0 Å². The summed E-state index contributed by atoms with van der Waals surface area (Å²) in [6.45, 7) is 1.95. The molecule has 0 amide bonds. The van der Waals surface area contributed by atoms with Crippen molar-refractivity contribution < 1.29 is 4.74 Å². The summed E-state index contributed by atoms with van der Waals surface area (Å²) in [5.74, 6) is 0.909. The van der Waals surface area contributed by atoms with Crippen molar-refractivity contribution in [2.75, 3.05) is 20.2 Å². The smallest absolute Gasteiger partial charge is 0.118 e. The largest absolute Gasteiger partial charge is 0.497 e. The number of ether oxygens (including phenoxy) is 1. The molecule has 1 heterocycles. The Bertz CT molecular complexity index is 468. The van der Waals surface area contributed by atoms with Crippen molar-refractivity contribution in [1.29, 1.82) is 0 Å². The minimum Gasteiger partial charge on any atom is -0.497 e. The van der Waals surface area contributed by atoms with Crippen LogP contribution in [0, 0.1) is 0 Å². The molecule has 0 atom stereocenters. The van der Waals surface area contributed by atoms with Crippen molar-refractivity contribution in [2.45, 2.75) is 12.8 Å². The van der Waals surface area contributed by atoms with Gasteiger partial charge in [-0.2, -0.15) is 0 Å². The first-order chi connectivity index (χ1) is 9.38. The number of aromatic nitrogens is 1. The molecule has 0 radical (unpaired) electrons. The maximum Gasteiger partial charge on any atom is 0.118 e. The van der Waals surface area contributed by atoms with E-state index in [9.17, 15) is 0 Å². The predicted octanol–water partition coefficient (Wildman–Crippen LogP) is 2.47. The normalized spacial score (nSPS) is 10.4. The summed E-state index contributed by atoms with van der Waals surface area (Å²) >= 11 is 0. The second-order valence-corrected chi connectivity index (χ2v) is 4.42. The highest BCUT2D eigenvalue weighted by molar-refractivity contribution is 5.27. The Hall–Kier alpha value is -1.87. The number of hydrogen-bond donors (Lipinski definition) is 1. The molecular weight excluding hydrogens is 236 g/mol. The van der Waals surface area contributed by atoms with E-state index in [-0.39, 0.29) is 0 Å². The number of nitrogens with one attached hydrogen (secondary N) is 1. The van der Waals surface area contributed by atoms with Crippen LogP contribution in [0.25, 0.3) is 0 Å². The molecule has 3 heteroatoms. The van der Waals surface area contributed by atoms with E-state index in [2.05, 4.69) is 28.5 Å². The first-order valence-corrected chi connectivity index (χ1v) is 6.62. The third-order valence-electron chi connectivity index (χ3n) is 3.03. The maximum absolute atomic E-state index is 5.14. The number of nitrogens with zero attached hydrogens (tertiary/aromatic N) is 1. The van der Waals surface area contributed by atoms with Gasteiger partial charge < -0.3 is 10.1 Å². The summed E-state index contributed by atoms with van der Waals surface area (Å²) in [6, 6.07) is 14.3. The Morgan fingerprint density at radius 3 is 2.47 bits per heavy atom. The second kappa shape index (κ2) is 7.54. The SMILES string of the molecule is COc1ccc(CCNCCc2ccccn2)cc1.